The molecule has 2 aromatic heterocycles. The van der Waals surface area contributed by atoms with Gasteiger partial charge in [0.1, 0.15) is 5.82 Å². The van der Waals surface area contributed by atoms with E-state index in [0.717, 1.165) is 17.0 Å². The number of carbonyl (C=O) groups excluding carboxylic acids is 1. The molecule has 0 aliphatic carbocycles. The van der Waals surface area contributed by atoms with Crippen molar-refractivity contribution in [2.24, 2.45) is 5.92 Å². The highest BCUT2D eigenvalue weighted by Crippen LogP contribution is 2.19. The van der Waals surface area contributed by atoms with Crippen LogP contribution in [0.15, 0.2) is 12.1 Å². The lowest BCUT2D eigenvalue weighted by Crippen LogP contribution is -2.43. The third-order valence-electron chi connectivity index (χ3n) is 5.54. The summed E-state index contributed by atoms with van der Waals surface area (Å²) in [6, 6.07) is 3.68. The second-order valence-corrected chi connectivity index (χ2v) is 9.62. The zero-order valence-electron chi connectivity index (χ0n) is 17.8. The summed E-state index contributed by atoms with van der Waals surface area (Å²) in [5, 5.41) is 18.9. The molecule has 1 aliphatic rings. The van der Waals surface area contributed by atoms with E-state index in [4.69, 9.17) is 0 Å². The lowest BCUT2D eigenvalue weighted by molar-refractivity contribution is -0.126. The molecular weight excluding hydrogens is 406 g/mol. The first-order chi connectivity index (χ1) is 14.2. The number of amides is 1. The Morgan fingerprint density at radius 3 is 2.37 bits per heavy atom. The number of hydrogen-bond acceptors (Lipinski definition) is 7. The SMILES string of the molecule is Cc1nn(-c2ccc(NCCNC(=O)C3CCN(S(C)(=O)=O)CC3)nn2)c(C)c1C. The number of anilines is 1. The van der Waals surface area contributed by atoms with Gasteiger partial charge in [-0.15, -0.1) is 10.2 Å². The van der Waals surface area contributed by atoms with Crippen molar-refractivity contribution >= 4 is 21.7 Å². The second kappa shape index (κ2) is 9.09. The van der Waals surface area contributed by atoms with E-state index >= 15 is 0 Å². The van der Waals surface area contributed by atoms with Crippen LogP contribution in [0.2, 0.25) is 0 Å². The number of carbonyl (C=O) groups is 1. The summed E-state index contributed by atoms with van der Waals surface area (Å²) in [6.07, 6.45) is 2.29. The molecule has 2 aromatic rings. The van der Waals surface area contributed by atoms with Crippen molar-refractivity contribution in [3.63, 3.8) is 0 Å². The van der Waals surface area contributed by atoms with Crippen LogP contribution in [-0.2, 0) is 14.8 Å². The molecule has 11 heteroatoms. The average Bonchev–Trinajstić information content (AvgIpc) is 2.98. The smallest absolute Gasteiger partial charge is 0.223 e. The predicted molar refractivity (Wildman–Crippen MR) is 114 cm³/mol. The normalized spacial score (nSPS) is 15.9. The van der Waals surface area contributed by atoms with Gasteiger partial charge in [-0.3, -0.25) is 4.79 Å². The van der Waals surface area contributed by atoms with Gasteiger partial charge in [0.05, 0.1) is 11.9 Å². The van der Waals surface area contributed by atoms with Gasteiger partial charge in [0.15, 0.2) is 5.82 Å². The third-order valence-corrected chi connectivity index (χ3v) is 6.85. The molecule has 3 heterocycles. The first-order valence-electron chi connectivity index (χ1n) is 10.0. The number of rotatable bonds is 7. The number of nitrogens with one attached hydrogen (secondary N) is 2. The minimum atomic E-state index is -3.18. The Morgan fingerprint density at radius 1 is 1.13 bits per heavy atom. The van der Waals surface area contributed by atoms with Crippen molar-refractivity contribution in [1.29, 1.82) is 0 Å². The molecule has 1 saturated heterocycles. The third kappa shape index (κ3) is 5.14. The minimum absolute atomic E-state index is 0.0359. The summed E-state index contributed by atoms with van der Waals surface area (Å²) in [7, 11) is -3.18. The molecule has 164 valence electrons. The van der Waals surface area contributed by atoms with Crippen molar-refractivity contribution in [3.05, 3.63) is 29.1 Å². The molecule has 0 aromatic carbocycles. The fourth-order valence-electron chi connectivity index (χ4n) is 3.45. The quantitative estimate of drug-likeness (QED) is 0.617. The van der Waals surface area contributed by atoms with Gasteiger partial charge in [-0.05, 0) is 51.3 Å². The van der Waals surface area contributed by atoms with Crippen LogP contribution in [0.25, 0.3) is 5.82 Å². The zero-order chi connectivity index (χ0) is 21.9. The first-order valence-corrected chi connectivity index (χ1v) is 11.9. The lowest BCUT2D eigenvalue weighted by atomic mass is 9.97. The van der Waals surface area contributed by atoms with E-state index in [1.165, 1.54) is 10.6 Å². The highest BCUT2D eigenvalue weighted by molar-refractivity contribution is 7.88. The molecule has 0 saturated carbocycles. The molecule has 3 rings (SSSR count). The number of piperidine rings is 1. The van der Waals surface area contributed by atoms with E-state index in [1.54, 1.807) is 4.68 Å². The summed E-state index contributed by atoms with van der Waals surface area (Å²) in [4.78, 5) is 12.3. The van der Waals surface area contributed by atoms with E-state index in [1.807, 2.05) is 32.9 Å². The molecule has 2 N–H and O–H groups in total. The molecule has 0 bridgehead atoms. The van der Waals surface area contributed by atoms with Gasteiger partial charge in [-0.1, -0.05) is 0 Å². The van der Waals surface area contributed by atoms with E-state index in [-0.39, 0.29) is 11.8 Å². The average molecular weight is 436 g/mol. The van der Waals surface area contributed by atoms with E-state index in [9.17, 15) is 13.2 Å². The maximum Gasteiger partial charge on any atom is 0.223 e. The molecule has 0 radical (unpaired) electrons. The van der Waals surface area contributed by atoms with Crippen LogP contribution >= 0.6 is 0 Å². The molecular formula is C19H29N7O3S. The molecule has 0 unspecified atom stereocenters. The fourth-order valence-corrected chi connectivity index (χ4v) is 4.32. The van der Waals surface area contributed by atoms with Crippen molar-refractivity contribution in [2.75, 3.05) is 37.8 Å². The number of hydrogen-bond donors (Lipinski definition) is 2. The fraction of sp³-hybridized carbons (Fsp3) is 0.579. The number of aromatic nitrogens is 4. The Morgan fingerprint density at radius 2 is 1.83 bits per heavy atom. The predicted octanol–water partition coefficient (Wildman–Crippen LogP) is 0.787. The molecule has 0 atom stereocenters. The summed E-state index contributed by atoms with van der Waals surface area (Å²) in [5.74, 6) is 1.09. The van der Waals surface area contributed by atoms with E-state index in [0.29, 0.717) is 50.7 Å². The summed E-state index contributed by atoms with van der Waals surface area (Å²) in [5.41, 5.74) is 3.14. The highest BCUT2D eigenvalue weighted by atomic mass is 32.2. The molecule has 1 aliphatic heterocycles. The van der Waals surface area contributed by atoms with Crippen LogP contribution in [0.3, 0.4) is 0 Å². The van der Waals surface area contributed by atoms with E-state index in [2.05, 4.69) is 25.9 Å². The Kier molecular flexibility index (Phi) is 6.71. The van der Waals surface area contributed by atoms with Crippen LogP contribution in [0.1, 0.15) is 29.8 Å². The Hall–Kier alpha value is -2.53. The van der Waals surface area contributed by atoms with Crippen molar-refractivity contribution in [3.8, 4) is 5.82 Å². The molecule has 10 nitrogen and oxygen atoms in total. The number of sulfonamides is 1. The summed E-state index contributed by atoms with van der Waals surface area (Å²) >= 11 is 0. The highest BCUT2D eigenvalue weighted by Gasteiger charge is 2.28. The zero-order valence-corrected chi connectivity index (χ0v) is 18.7. The van der Waals surface area contributed by atoms with Gasteiger partial charge in [-0.2, -0.15) is 5.10 Å². The monoisotopic (exact) mass is 435 g/mol. The first kappa shape index (κ1) is 22.2. The van der Waals surface area contributed by atoms with Gasteiger partial charge >= 0.3 is 0 Å². The van der Waals surface area contributed by atoms with Crippen LogP contribution in [0.4, 0.5) is 5.82 Å². The summed E-state index contributed by atoms with van der Waals surface area (Å²) in [6.45, 7) is 7.74. The maximum atomic E-state index is 12.3. The molecule has 1 amide bonds. The Bertz CT molecular complexity index is 994. The molecule has 0 spiro atoms. The molecule has 30 heavy (non-hydrogen) atoms. The van der Waals surface area contributed by atoms with Crippen LogP contribution in [0, 0.1) is 26.7 Å². The summed E-state index contributed by atoms with van der Waals surface area (Å²) < 4.78 is 26.3. The van der Waals surface area contributed by atoms with Gasteiger partial charge in [-0.25, -0.2) is 17.4 Å². The largest absolute Gasteiger partial charge is 0.367 e. The maximum absolute atomic E-state index is 12.3. The van der Waals surface area contributed by atoms with Crippen molar-refractivity contribution in [2.45, 2.75) is 33.6 Å². The van der Waals surface area contributed by atoms with Gasteiger partial charge in [0.25, 0.3) is 0 Å². The number of aryl methyl sites for hydroxylation is 1. The molecule has 1 fully saturated rings. The topological polar surface area (TPSA) is 122 Å². The van der Waals surface area contributed by atoms with Crippen molar-refractivity contribution in [1.82, 2.24) is 29.6 Å². The van der Waals surface area contributed by atoms with Gasteiger partial charge in [0, 0.05) is 37.8 Å². The van der Waals surface area contributed by atoms with Gasteiger partial charge < -0.3 is 10.6 Å². The number of nitrogens with zero attached hydrogens (tertiary/aromatic N) is 5. The van der Waals surface area contributed by atoms with Gasteiger partial charge in [0.2, 0.25) is 15.9 Å². The van der Waals surface area contributed by atoms with Crippen LogP contribution in [-0.4, -0.2) is 71.0 Å². The minimum Gasteiger partial charge on any atom is -0.367 e. The lowest BCUT2D eigenvalue weighted by Gasteiger charge is -2.29. The Balaban J connectivity index is 1.42. The van der Waals surface area contributed by atoms with Crippen LogP contribution in [0.5, 0.6) is 0 Å². The van der Waals surface area contributed by atoms with Crippen molar-refractivity contribution < 1.29 is 13.2 Å². The Labute approximate surface area is 177 Å². The standard InChI is InChI=1S/C19H29N7O3S/c1-13-14(2)24-26(15(13)3)18-6-5-17(22-23-18)20-9-10-21-19(27)16-7-11-25(12-8-16)30(4,28)29/h5-6,16H,7-12H2,1-4H3,(H,20,22)(H,21,27). The van der Waals surface area contributed by atoms with E-state index < -0.39 is 10.0 Å². The van der Waals surface area contributed by atoms with Crippen LogP contribution < -0.4 is 10.6 Å². The second-order valence-electron chi connectivity index (χ2n) is 7.64.